The highest BCUT2D eigenvalue weighted by molar-refractivity contribution is 5.77. The fourth-order valence-electron chi connectivity index (χ4n) is 2.36. The van der Waals surface area contributed by atoms with Crippen molar-refractivity contribution < 1.29 is 9.53 Å². The Morgan fingerprint density at radius 2 is 1.94 bits per heavy atom. The number of carbonyl (C=O) groups is 1. The highest BCUT2D eigenvalue weighted by Crippen LogP contribution is 2.48. The lowest BCUT2D eigenvalue weighted by Gasteiger charge is -2.16. The van der Waals surface area contributed by atoms with E-state index in [1.807, 2.05) is 6.92 Å². The Morgan fingerprint density at radius 1 is 1.31 bits per heavy atom. The zero-order valence-electron chi connectivity index (χ0n) is 10.2. The topological polar surface area (TPSA) is 38.3 Å². The molecule has 2 fully saturated rings. The summed E-state index contributed by atoms with van der Waals surface area (Å²) in [4.78, 5) is 11.5. The fourth-order valence-corrected chi connectivity index (χ4v) is 2.36. The van der Waals surface area contributed by atoms with Crippen molar-refractivity contribution in [1.29, 1.82) is 0 Å². The molecule has 0 aromatic carbocycles. The number of hydrogen-bond acceptors (Lipinski definition) is 2. The Kier molecular flexibility index (Phi) is 4.22. The van der Waals surface area contributed by atoms with Gasteiger partial charge in [-0.25, -0.2) is 0 Å². The number of ether oxygens (including phenoxy) is 1. The van der Waals surface area contributed by atoms with Gasteiger partial charge in [0.1, 0.15) is 6.61 Å². The van der Waals surface area contributed by atoms with Gasteiger partial charge in [-0.2, -0.15) is 0 Å². The molecule has 92 valence electrons. The summed E-state index contributed by atoms with van der Waals surface area (Å²) in [5, 5.41) is 3.02. The summed E-state index contributed by atoms with van der Waals surface area (Å²) in [6.45, 7) is 3.84. The van der Waals surface area contributed by atoms with Crippen molar-refractivity contribution in [1.82, 2.24) is 5.32 Å². The molecule has 0 saturated heterocycles. The molecule has 3 nitrogen and oxygen atoms in total. The Labute approximate surface area is 97.9 Å². The van der Waals surface area contributed by atoms with Crippen molar-refractivity contribution in [2.45, 2.75) is 39.0 Å². The lowest BCUT2D eigenvalue weighted by molar-refractivity contribution is -0.125. The highest BCUT2D eigenvalue weighted by Gasteiger charge is 2.41. The van der Waals surface area contributed by atoms with E-state index in [4.69, 9.17) is 4.74 Å². The molecule has 2 aliphatic rings. The largest absolute Gasteiger partial charge is 0.372 e. The Bertz CT molecular complexity index is 222. The van der Waals surface area contributed by atoms with Crippen LogP contribution in [0.2, 0.25) is 0 Å². The smallest absolute Gasteiger partial charge is 0.246 e. The van der Waals surface area contributed by atoms with Crippen LogP contribution in [0, 0.1) is 17.8 Å². The minimum Gasteiger partial charge on any atom is -0.372 e. The first-order valence-corrected chi connectivity index (χ1v) is 6.65. The first-order valence-electron chi connectivity index (χ1n) is 6.65. The summed E-state index contributed by atoms with van der Waals surface area (Å²) in [6.07, 6.45) is 6.49. The Hall–Kier alpha value is -0.570. The molecule has 2 aliphatic carbocycles. The quantitative estimate of drug-likeness (QED) is 0.641. The van der Waals surface area contributed by atoms with E-state index in [-0.39, 0.29) is 12.5 Å². The molecule has 0 unspecified atom stereocenters. The predicted octanol–water partition coefficient (Wildman–Crippen LogP) is 1.97. The summed E-state index contributed by atoms with van der Waals surface area (Å²) >= 11 is 0. The van der Waals surface area contributed by atoms with Crippen LogP contribution >= 0.6 is 0 Å². The van der Waals surface area contributed by atoms with Gasteiger partial charge < -0.3 is 10.1 Å². The molecule has 2 rings (SSSR count). The molecule has 0 aromatic rings. The Balaban J connectivity index is 1.59. The van der Waals surface area contributed by atoms with Crippen LogP contribution in [0.5, 0.6) is 0 Å². The van der Waals surface area contributed by atoms with Crippen LogP contribution in [-0.2, 0) is 9.53 Å². The van der Waals surface area contributed by atoms with Gasteiger partial charge in [-0.1, -0.05) is 6.92 Å². The number of hydrogen-bond donors (Lipinski definition) is 1. The van der Waals surface area contributed by atoms with Gasteiger partial charge in [-0.3, -0.25) is 4.79 Å². The zero-order valence-corrected chi connectivity index (χ0v) is 10.2. The van der Waals surface area contributed by atoms with E-state index in [1.165, 1.54) is 25.7 Å². The van der Waals surface area contributed by atoms with Crippen LogP contribution in [0.15, 0.2) is 0 Å². The van der Waals surface area contributed by atoms with E-state index >= 15 is 0 Å². The van der Waals surface area contributed by atoms with Crippen molar-refractivity contribution in [3.63, 3.8) is 0 Å². The summed E-state index contributed by atoms with van der Waals surface area (Å²) in [6, 6.07) is 0. The predicted molar refractivity (Wildman–Crippen MR) is 63.1 cm³/mol. The number of nitrogens with one attached hydrogen (secondary N) is 1. The second-order valence-corrected chi connectivity index (χ2v) is 5.20. The molecule has 0 heterocycles. The van der Waals surface area contributed by atoms with Crippen molar-refractivity contribution >= 4 is 5.91 Å². The maximum Gasteiger partial charge on any atom is 0.246 e. The Morgan fingerprint density at radius 3 is 2.44 bits per heavy atom. The molecule has 16 heavy (non-hydrogen) atoms. The number of rotatable bonds is 8. The van der Waals surface area contributed by atoms with E-state index in [0.29, 0.717) is 6.61 Å². The summed E-state index contributed by atoms with van der Waals surface area (Å²) in [5.41, 5.74) is 0. The van der Waals surface area contributed by atoms with Crippen molar-refractivity contribution in [3.05, 3.63) is 0 Å². The summed E-state index contributed by atoms with van der Waals surface area (Å²) in [5.74, 6) is 2.63. The second kappa shape index (κ2) is 5.67. The third-order valence-corrected chi connectivity index (χ3v) is 3.57. The van der Waals surface area contributed by atoms with Gasteiger partial charge >= 0.3 is 0 Å². The molecule has 0 aliphatic heterocycles. The lowest BCUT2D eigenvalue weighted by Crippen LogP contribution is -2.33. The molecular weight excluding hydrogens is 202 g/mol. The van der Waals surface area contributed by atoms with Gasteiger partial charge in [0.05, 0.1) is 0 Å². The summed E-state index contributed by atoms with van der Waals surface area (Å²) in [7, 11) is 0. The number of amides is 1. The van der Waals surface area contributed by atoms with E-state index in [9.17, 15) is 4.79 Å². The van der Waals surface area contributed by atoms with Crippen LogP contribution in [0.1, 0.15) is 39.0 Å². The standard InChI is InChI=1S/C13H23NO2/c1-2-7-16-9-13(15)14-8-12(10-3-4-10)11-5-6-11/h10-12H,2-9H2,1H3,(H,14,15). The second-order valence-electron chi connectivity index (χ2n) is 5.20. The van der Waals surface area contributed by atoms with Crippen molar-refractivity contribution in [2.24, 2.45) is 17.8 Å². The average Bonchev–Trinajstić information content (AvgIpc) is 3.13. The maximum absolute atomic E-state index is 11.5. The van der Waals surface area contributed by atoms with Crippen molar-refractivity contribution in [2.75, 3.05) is 19.8 Å². The van der Waals surface area contributed by atoms with Gasteiger partial charge in [0.2, 0.25) is 5.91 Å². The zero-order chi connectivity index (χ0) is 11.4. The highest BCUT2D eigenvalue weighted by atomic mass is 16.5. The first-order chi connectivity index (χ1) is 7.81. The van der Waals surface area contributed by atoms with Gasteiger partial charge in [0, 0.05) is 13.2 Å². The van der Waals surface area contributed by atoms with Crippen LogP contribution < -0.4 is 5.32 Å². The van der Waals surface area contributed by atoms with Crippen molar-refractivity contribution in [3.8, 4) is 0 Å². The molecule has 0 spiro atoms. The third-order valence-electron chi connectivity index (χ3n) is 3.57. The lowest BCUT2D eigenvalue weighted by atomic mass is 9.98. The molecule has 0 bridgehead atoms. The molecule has 1 amide bonds. The average molecular weight is 225 g/mol. The first kappa shape index (κ1) is 11.9. The van der Waals surface area contributed by atoms with Crippen LogP contribution in [0.25, 0.3) is 0 Å². The van der Waals surface area contributed by atoms with Gasteiger partial charge in [-0.05, 0) is 49.9 Å². The number of carbonyl (C=O) groups excluding carboxylic acids is 1. The van der Waals surface area contributed by atoms with Gasteiger partial charge in [0.25, 0.3) is 0 Å². The van der Waals surface area contributed by atoms with Gasteiger partial charge in [0.15, 0.2) is 0 Å². The fraction of sp³-hybridized carbons (Fsp3) is 0.923. The van der Waals surface area contributed by atoms with Crippen LogP contribution in [0.3, 0.4) is 0 Å². The van der Waals surface area contributed by atoms with Gasteiger partial charge in [-0.15, -0.1) is 0 Å². The third kappa shape index (κ3) is 3.78. The molecule has 0 aromatic heterocycles. The van der Waals surface area contributed by atoms with E-state index in [1.54, 1.807) is 0 Å². The van der Waals surface area contributed by atoms with E-state index in [0.717, 1.165) is 30.7 Å². The minimum absolute atomic E-state index is 0.0553. The SMILES string of the molecule is CCCOCC(=O)NCC(C1CC1)C1CC1. The molecule has 0 atom stereocenters. The maximum atomic E-state index is 11.5. The molecule has 2 saturated carbocycles. The normalized spacial score (nSPS) is 20.1. The minimum atomic E-state index is 0.0553. The van der Waals surface area contributed by atoms with Crippen LogP contribution in [0.4, 0.5) is 0 Å². The molecule has 0 radical (unpaired) electrons. The molecule has 3 heteroatoms. The van der Waals surface area contributed by atoms with E-state index < -0.39 is 0 Å². The van der Waals surface area contributed by atoms with E-state index in [2.05, 4.69) is 5.32 Å². The molecule has 1 N–H and O–H groups in total. The van der Waals surface area contributed by atoms with Crippen LogP contribution in [-0.4, -0.2) is 25.7 Å². The monoisotopic (exact) mass is 225 g/mol. The molecular formula is C13H23NO2. The summed E-state index contributed by atoms with van der Waals surface area (Å²) < 4.78 is 5.22.